The van der Waals surface area contributed by atoms with Crippen molar-refractivity contribution in [1.29, 1.82) is 5.26 Å². The van der Waals surface area contributed by atoms with Crippen LogP contribution in [-0.2, 0) is 4.79 Å². The predicted octanol–water partition coefficient (Wildman–Crippen LogP) is 4.24. The predicted molar refractivity (Wildman–Crippen MR) is 75.4 cm³/mol. The Morgan fingerprint density at radius 1 is 1.25 bits per heavy atom. The molecule has 1 aromatic heterocycles. The summed E-state index contributed by atoms with van der Waals surface area (Å²) in [6, 6.07) is 9.80. The molecule has 0 radical (unpaired) electrons. The Kier molecular flexibility index (Phi) is 4.14. The Labute approximate surface area is 124 Å². The summed E-state index contributed by atoms with van der Waals surface area (Å²) in [5.41, 5.74) is 0.299. The first kappa shape index (κ1) is 14.2. The smallest absolute Gasteiger partial charge is 0.346 e. The Balaban J connectivity index is 2.36. The molecule has 0 saturated carbocycles. The van der Waals surface area contributed by atoms with Gasteiger partial charge in [0, 0.05) is 11.6 Å². The fraction of sp³-hybridized carbons (Fsp3) is 0. The highest BCUT2D eigenvalue weighted by Gasteiger charge is 2.09. The van der Waals surface area contributed by atoms with Crippen LogP contribution in [0, 0.1) is 11.3 Å². The number of hydrogen-bond acceptors (Lipinski definition) is 3. The van der Waals surface area contributed by atoms with E-state index in [2.05, 4.69) is 0 Å². The molecule has 6 heteroatoms. The van der Waals surface area contributed by atoms with Gasteiger partial charge in [0.25, 0.3) is 0 Å². The maximum atomic E-state index is 10.7. The number of carbonyl (C=O) groups is 1. The Morgan fingerprint density at radius 3 is 2.60 bits per heavy atom. The number of halogens is 2. The lowest BCUT2D eigenvalue weighted by atomic mass is 10.2. The van der Waals surface area contributed by atoms with Gasteiger partial charge in [-0.1, -0.05) is 23.2 Å². The number of hydrogen-bond donors (Lipinski definition) is 1. The largest absolute Gasteiger partial charge is 0.477 e. The number of furan rings is 1. The molecule has 0 saturated heterocycles. The van der Waals surface area contributed by atoms with Gasteiger partial charge in [0.2, 0.25) is 0 Å². The van der Waals surface area contributed by atoms with Crippen LogP contribution in [0.1, 0.15) is 5.76 Å². The molecular weight excluding hydrogens is 301 g/mol. The van der Waals surface area contributed by atoms with Crippen molar-refractivity contribution < 1.29 is 14.3 Å². The standard InChI is InChI=1S/C14H7Cl2NO3/c15-11-3-1-8(6-12(11)16)13-4-2-10(20-13)5-9(7-17)14(18)19/h1-6H,(H,18,19). The van der Waals surface area contributed by atoms with Gasteiger partial charge in [-0.05, 0) is 30.3 Å². The van der Waals surface area contributed by atoms with Gasteiger partial charge < -0.3 is 9.52 Å². The van der Waals surface area contributed by atoms with Gasteiger partial charge in [0.05, 0.1) is 10.0 Å². The van der Waals surface area contributed by atoms with E-state index in [0.29, 0.717) is 21.4 Å². The number of nitriles is 1. The molecule has 1 heterocycles. The SMILES string of the molecule is N#CC(=Cc1ccc(-c2ccc(Cl)c(Cl)c2)o1)C(=O)O. The fourth-order valence-corrected chi connectivity index (χ4v) is 1.82. The van der Waals surface area contributed by atoms with Crippen LogP contribution in [-0.4, -0.2) is 11.1 Å². The van der Waals surface area contributed by atoms with Crippen molar-refractivity contribution in [3.05, 3.63) is 51.7 Å². The lowest BCUT2D eigenvalue weighted by Gasteiger charge is -1.99. The minimum absolute atomic E-state index is 0.269. The molecule has 1 aromatic carbocycles. The third-order valence-electron chi connectivity index (χ3n) is 2.47. The number of rotatable bonds is 3. The van der Waals surface area contributed by atoms with Crippen LogP contribution in [0.5, 0.6) is 0 Å². The summed E-state index contributed by atoms with van der Waals surface area (Å²) in [4.78, 5) is 10.7. The monoisotopic (exact) mass is 307 g/mol. The van der Waals surface area contributed by atoms with Crippen LogP contribution >= 0.6 is 23.2 Å². The van der Waals surface area contributed by atoms with Crippen molar-refractivity contribution in [2.75, 3.05) is 0 Å². The van der Waals surface area contributed by atoms with Crippen molar-refractivity contribution in [3.63, 3.8) is 0 Å². The zero-order chi connectivity index (χ0) is 14.7. The Morgan fingerprint density at radius 2 is 2.00 bits per heavy atom. The van der Waals surface area contributed by atoms with Gasteiger partial charge in [-0.25, -0.2) is 4.79 Å². The molecule has 0 aliphatic heterocycles. The van der Waals surface area contributed by atoms with E-state index in [-0.39, 0.29) is 5.76 Å². The summed E-state index contributed by atoms with van der Waals surface area (Å²) in [5.74, 6) is -0.539. The van der Waals surface area contributed by atoms with Gasteiger partial charge in [-0.3, -0.25) is 0 Å². The van der Waals surface area contributed by atoms with Crippen molar-refractivity contribution in [3.8, 4) is 17.4 Å². The summed E-state index contributed by atoms with van der Waals surface area (Å²) in [6.45, 7) is 0. The molecule has 0 aliphatic rings. The number of aliphatic carboxylic acids is 1. The van der Waals surface area contributed by atoms with Gasteiger partial charge in [0.1, 0.15) is 23.2 Å². The van der Waals surface area contributed by atoms with E-state index in [0.717, 1.165) is 6.08 Å². The first-order valence-corrected chi connectivity index (χ1v) is 6.17. The highest BCUT2D eigenvalue weighted by Crippen LogP contribution is 2.29. The van der Waals surface area contributed by atoms with Crippen molar-refractivity contribution in [2.24, 2.45) is 0 Å². The molecule has 0 spiro atoms. The van der Waals surface area contributed by atoms with E-state index < -0.39 is 11.5 Å². The van der Waals surface area contributed by atoms with Crippen LogP contribution in [0.2, 0.25) is 10.0 Å². The Bertz CT molecular complexity index is 741. The van der Waals surface area contributed by atoms with Gasteiger partial charge >= 0.3 is 5.97 Å². The quantitative estimate of drug-likeness (QED) is 0.679. The van der Waals surface area contributed by atoms with E-state index in [4.69, 9.17) is 38.0 Å². The molecule has 0 fully saturated rings. The first-order chi connectivity index (χ1) is 9.51. The third-order valence-corrected chi connectivity index (χ3v) is 3.21. The van der Waals surface area contributed by atoms with Gasteiger partial charge in [-0.2, -0.15) is 5.26 Å². The summed E-state index contributed by atoms with van der Waals surface area (Å²) in [7, 11) is 0. The zero-order valence-corrected chi connectivity index (χ0v) is 11.4. The number of carboxylic acids is 1. The molecule has 20 heavy (non-hydrogen) atoms. The summed E-state index contributed by atoms with van der Waals surface area (Å²) < 4.78 is 5.45. The zero-order valence-electron chi connectivity index (χ0n) is 9.93. The van der Waals surface area contributed by atoms with E-state index in [9.17, 15) is 4.79 Å². The van der Waals surface area contributed by atoms with Crippen molar-refractivity contribution in [1.82, 2.24) is 0 Å². The molecule has 0 unspecified atom stereocenters. The molecule has 100 valence electrons. The number of carboxylic acid groups (broad SMARTS) is 1. The van der Waals surface area contributed by atoms with E-state index in [1.165, 1.54) is 0 Å². The van der Waals surface area contributed by atoms with Crippen molar-refractivity contribution >= 4 is 35.2 Å². The maximum Gasteiger partial charge on any atom is 0.346 e. The molecule has 0 aliphatic carbocycles. The second-order valence-corrected chi connectivity index (χ2v) is 4.62. The Hall–Kier alpha value is -2.22. The fourth-order valence-electron chi connectivity index (χ4n) is 1.52. The molecule has 2 aromatic rings. The lowest BCUT2D eigenvalue weighted by Crippen LogP contribution is -1.96. The molecular formula is C14H7Cl2NO3. The summed E-state index contributed by atoms with van der Waals surface area (Å²) >= 11 is 11.7. The van der Waals surface area contributed by atoms with E-state index >= 15 is 0 Å². The minimum atomic E-state index is -1.31. The molecule has 0 atom stereocenters. The average molecular weight is 308 g/mol. The third kappa shape index (κ3) is 3.02. The summed E-state index contributed by atoms with van der Waals surface area (Å²) in [5, 5.41) is 18.3. The topological polar surface area (TPSA) is 74.2 Å². The molecule has 0 bridgehead atoms. The molecule has 1 N–H and O–H groups in total. The van der Waals surface area contributed by atoms with E-state index in [1.54, 1.807) is 36.4 Å². The van der Waals surface area contributed by atoms with Crippen LogP contribution < -0.4 is 0 Å². The highest BCUT2D eigenvalue weighted by molar-refractivity contribution is 6.42. The van der Waals surface area contributed by atoms with Crippen molar-refractivity contribution in [2.45, 2.75) is 0 Å². The molecule has 0 amide bonds. The van der Waals surface area contributed by atoms with Crippen LogP contribution in [0.25, 0.3) is 17.4 Å². The number of benzene rings is 1. The van der Waals surface area contributed by atoms with Crippen LogP contribution in [0.4, 0.5) is 0 Å². The van der Waals surface area contributed by atoms with Crippen LogP contribution in [0.15, 0.2) is 40.3 Å². The van der Waals surface area contributed by atoms with Gasteiger partial charge in [-0.15, -0.1) is 0 Å². The first-order valence-electron chi connectivity index (χ1n) is 5.41. The minimum Gasteiger partial charge on any atom is -0.477 e. The molecule has 2 rings (SSSR count). The van der Waals surface area contributed by atoms with Crippen LogP contribution in [0.3, 0.4) is 0 Å². The number of nitrogens with zero attached hydrogens (tertiary/aromatic N) is 1. The average Bonchev–Trinajstić information content (AvgIpc) is 2.87. The molecule has 4 nitrogen and oxygen atoms in total. The van der Waals surface area contributed by atoms with Gasteiger partial charge in [0.15, 0.2) is 0 Å². The second-order valence-electron chi connectivity index (χ2n) is 3.81. The lowest BCUT2D eigenvalue weighted by molar-refractivity contribution is -0.132. The second kappa shape index (κ2) is 5.83. The normalized spacial score (nSPS) is 11.2. The highest BCUT2D eigenvalue weighted by atomic mass is 35.5. The van der Waals surface area contributed by atoms with E-state index in [1.807, 2.05) is 0 Å². The maximum absolute atomic E-state index is 10.7. The summed E-state index contributed by atoms with van der Waals surface area (Å²) in [6.07, 6.45) is 1.16.